The first-order valence-electron chi connectivity index (χ1n) is 9.97. The lowest BCUT2D eigenvalue weighted by atomic mass is 10.1. The zero-order chi connectivity index (χ0) is 23.6. The molecule has 0 radical (unpaired) electrons. The van der Waals surface area contributed by atoms with Crippen molar-refractivity contribution < 1.29 is 31.1 Å². The van der Waals surface area contributed by atoms with E-state index in [1.54, 1.807) is 18.3 Å². The van der Waals surface area contributed by atoms with E-state index in [1.165, 1.54) is 18.3 Å². The van der Waals surface area contributed by atoms with Crippen LogP contribution in [0.4, 0.5) is 26.3 Å². The van der Waals surface area contributed by atoms with Gasteiger partial charge in [0.2, 0.25) is 5.88 Å². The van der Waals surface area contributed by atoms with Crippen molar-refractivity contribution in [3.05, 3.63) is 71.2 Å². The molecule has 33 heavy (non-hydrogen) atoms. The third kappa shape index (κ3) is 5.78. The van der Waals surface area contributed by atoms with Gasteiger partial charge in [-0.1, -0.05) is 18.2 Å². The zero-order valence-corrected chi connectivity index (χ0v) is 17.1. The van der Waals surface area contributed by atoms with Crippen LogP contribution in [0.5, 0.6) is 5.88 Å². The minimum Gasteiger partial charge on any atom is -0.468 e. The predicted octanol–water partition coefficient (Wildman–Crippen LogP) is 5.06. The van der Waals surface area contributed by atoms with Crippen LogP contribution in [0.1, 0.15) is 22.4 Å². The number of ether oxygens (including phenoxy) is 1. The van der Waals surface area contributed by atoms with Crippen molar-refractivity contribution in [2.24, 2.45) is 0 Å². The number of hydrogen-bond donors (Lipinski definition) is 0. The van der Waals surface area contributed by atoms with Gasteiger partial charge in [-0.3, -0.25) is 4.90 Å². The second-order valence-corrected chi connectivity index (χ2v) is 7.57. The Balaban J connectivity index is 1.45. The SMILES string of the molecule is FC(F)(F)COc1ncccc1CN1CCc2nc(-c3ccc(C(F)(F)F)cc3)ncc2C1. The molecule has 0 atom stereocenters. The maximum Gasteiger partial charge on any atom is 0.422 e. The number of benzene rings is 1. The van der Waals surface area contributed by atoms with E-state index in [0.29, 0.717) is 43.0 Å². The number of pyridine rings is 1. The minimum absolute atomic E-state index is 0.0606. The summed E-state index contributed by atoms with van der Waals surface area (Å²) in [5.74, 6) is 0.278. The lowest BCUT2D eigenvalue weighted by Gasteiger charge is -2.28. The third-order valence-corrected chi connectivity index (χ3v) is 5.10. The van der Waals surface area contributed by atoms with Crippen molar-refractivity contribution >= 4 is 0 Å². The van der Waals surface area contributed by atoms with Crippen molar-refractivity contribution in [2.75, 3.05) is 13.2 Å². The Morgan fingerprint density at radius 3 is 2.42 bits per heavy atom. The summed E-state index contributed by atoms with van der Waals surface area (Å²) in [7, 11) is 0. The molecule has 5 nitrogen and oxygen atoms in total. The normalized spacial score (nSPS) is 14.7. The predicted molar refractivity (Wildman–Crippen MR) is 106 cm³/mol. The molecule has 4 rings (SSSR count). The largest absolute Gasteiger partial charge is 0.468 e. The van der Waals surface area contributed by atoms with Crippen LogP contribution in [0.15, 0.2) is 48.8 Å². The minimum atomic E-state index is -4.46. The van der Waals surface area contributed by atoms with E-state index in [9.17, 15) is 26.3 Å². The standard InChI is InChI=1S/C22H18F6N4O/c23-21(24,25)13-33-20-15(2-1-8-29-20)11-32-9-7-18-16(12-32)10-30-19(31-18)14-3-5-17(6-4-14)22(26,27)28/h1-6,8,10H,7,9,11-13H2. The number of alkyl halides is 6. The number of rotatable bonds is 5. The molecule has 3 aromatic rings. The molecule has 0 saturated heterocycles. The molecule has 0 saturated carbocycles. The monoisotopic (exact) mass is 468 g/mol. The van der Waals surface area contributed by atoms with Crippen molar-refractivity contribution in [2.45, 2.75) is 31.9 Å². The van der Waals surface area contributed by atoms with Gasteiger partial charge < -0.3 is 4.74 Å². The fourth-order valence-corrected chi connectivity index (χ4v) is 3.52. The fourth-order valence-electron chi connectivity index (χ4n) is 3.52. The first-order valence-corrected chi connectivity index (χ1v) is 9.97. The van der Waals surface area contributed by atoms with Gasteiger partial charge in [0.15, 0.2) is 12.4 Å². The van der Waals surface area contributed by atoms with Gasteiger partial charge >= 0.3 is 12.4 Å². The first-order chi connectivity index (χ1) is 15.6. The summed E-state index contributed by atoms with van der Waals surface area (Å²) in [4.78, 5) is 14.7. The Hall–Kier alpha value is -3.21. The van der Waals surface area contributed by atoms with E-state index in [1.807, 2.05) is 4.90 Å². The van der Waals surface area contributed by atoms with Crippen LogP contribution in [0.25, 0.3) is 11.4 Å². The maximum atomic E-state index is 12.8. The molecule has 0 bridgehead atoms. The summed E-state index contributed by atoms with van der Waals surface area (Å²) >= 11 is 0. The summed E-state index contributed by atoms with van der Waals surface area (Å²) < 4.78 is 80.6. The summed E-state index contributed by atoms with van der Waals surface area (Å²) in [6.07, 6.45) is -5.31. The van der Waals surface area contributed by atoms with E-state index >= 15 is 0 Å². The summed E-state index contributed by atoms with van der Waals surface area (Å²) in [5, 5.41) is 0. The quantitative estimate of drug-likeness (QED) is 0.491. The highest BCUT2D eigenvalue weighted by Crippen LogP contribution is 2.31. The van der Waals surface area contributed by atoms with Gasteiger partial charge in [0, 0.05) is 55.1 Å². The van der Waals surface area contributed by atoms with Gasteiger partial charge in [0.25, 0.3) is 0 Å². The molecule has 1 aliphatic heterocycles. The number of nitrogens with zero attached hydrogens (tertiary/aromatic N) is 4. The van der Waals surface area contributed by atoms with Gasteiger partial charge in [-0.05, 0) is 18.2 Å². The maximum absolute atomic E-state index is 12.8. The Labute approximate surface area is 185 Å². The second kappa shape index (κ2) is 8.97. The number of aromatic nitrogens is 3. The molecule has 0 spiro atoms. The molecule has 0 aliphatic carbocycles. The van der Waals surface area contributed by atoms with Crippen LogP contribution >= 0.6 is 0 Å². The fraction of sp³-hybridized carbons (Fsp3) is 0.318. The van der Waals surface area contributed by atoms with Crippen molar-refractivity contribution in [1.29, 1.82) is 0 Å². The Bertz CT molecular complexity index is 1120. The van der Waals surface area contributed by atoms with Crippen LogP contribution in [0.3, 0.4) is 0 Å². The molecular formula is C22H18F6N4O. The van der Waals surface area contributed by atoms with E-state index in [4.69, 9.17) is 4.74 Å². The van der Waals surface area contributed by atoms with Crippen LogP contribution in [0, 0.1) is 0 Å². The Kier molecular flexibility index (Phi) is 6.24. The molecule has 1 aromatic carbocycles. The third-order valence-electron chi connectivity index (χ3n) is 5.10. The van der Waals surface area contributed by atoms with Crippen molar-refractivity contribution in [3.63, 3.8) is 0 Å². The number of fused-ring (bicyclic) bond motifs is 1. The molecule has 0 unspecified atom stereocenters. The van der Waals surface area contributed by atoms with Gasteiger partial charge in [-0.15, -0.1) is 0 Å². The topological polar surface area (TPSA) is 51.1 Å². The zero-order valence-electron chi connectivity index (χ0n) is 17.1. The van der Waals surface area contributed by atoms with Crippen molar-refractivity contribution in [1.82, 2.24) is 19.9 Å². The summed E-state index contributed by atoms with van der Waals surface area (Å²) in [6.45, 7) is -0.0260. The van der Waals surface area contributed by atoms with Gasteiger partial charge in [-0.25, -0.2) is 15.0 Å². The highest BCUT2D eigenvalue weighted by Gasteiger charge is 2.31. The average Bonchev–Trinajstić information content (AvgIpc) is 2.77. The molecule has 0 amide bonds. The van der Waals surface area contributed by atoms with Gasteiger partial charge in [0.1, 0.15) is 0 Å². The van der Waals surface area contributed by atoms with Gasteiger partial charge in [-0.2, -0.15) is 26.3 Å². The van der Waals surface area contributed by atoms with Crippen LogP contribution in [-0.2, 0) is 25.7 Å². The molecule has 0 fully saturated rings. The van der Waals surface area contributed by atoms with Crippen LogP contribution in [0.2, 0.25) is 0 Å². The Morgan fingerprint density at radius 2 is 1.73 bits per heavy atom. The molecular weight excluding hydrogens is 450 g/mol. The molecule has 2 aromatic heterocycles. The van der Waals surface area contributed by atoms with E-state index in [-0.39, 0.29) is 5.88 Å². The molecule has 1 aliphatic rings. The highest BCUT2D eigenvalue weighted by molar-refractivity contribution is 5.56. The van der Waals surface area contributed by atoms with Crippen LogP contribution in [-0.4, -0.2) is 39.2 Å². The van der Waals surface area contributed by atoms with Gasteiger partial charge in [0.05, 0.1) is 11.3 Å². The molecule has 174 valence electrons. The Morgan fingerprint density at radius 1 is 0.970 bits per heavy atom. The average molecular weight is 468 g/mol. The summed E-state index contributed by atoms with van der Waals surface area (Å²) in [6, 6.07) is 7.96. The smallest absolute Gasteiger partial charge is 0.422 e. The van der Waals surface area contributed by atoms with E-state index < -0.39 is 24.5 Å². The lowest BCUT2D eigenvalue weighted by Crippen LogP contribution is -2.31. The number of halogens is 6. The first kappa shape index (κ1) is 23.0. The molecule has 3 heterocycles. The highest BCUT2D eigenvalue weighted by atomic mass is 19.4. The van der Waals surface area contributed by atoms with E-state index in [0.717, 1.165) is 23.4 Å². The lowest BCUT2D eigenvalue weighted by molar-refractivity contribution is -0.154. The summed E-state index contributed by atoms with van der Waals surface area (Å²) in [5.41, 5.74) is 1.91. The van der Waals surface area contributed by atoms with Crippen LogP contribution < -0.4 is 4.74 Å². The molecule has 0 N–H and O–H groups in total. The second-order valence-electron chi connectivity index (χ2n) is 7.57. The number of hydrogen-bond acceptors (Lipinski definition) is 5. The van der Waals surface area contributed by atoms with E-state index in [2.05, 4.69) is 15.0 Å². The van der Waals surface area contributed by atoms with Crippen molar-refractivity contribution in [3.8, 4) is 17.3 Å². The molecule has 11 heteroatoms.